The van der Waals surface area contributed by atoms with Crippen LogP contribution in [0.1, 0.15) is 94.8 Å². The highest BCUT2D eigenvalue weighted by atomic mass is 16.1. The SMILES string of the molecule is CC[C@H](c1nnnn1C(C)(C)CC)N(Cc1cc2cc(C)c(C)cc2[nH]c1=O)C1CCCC1. The second kappa shape index (κ2) is 9.37. The molecule has 1 N–H and O–H groups in total. The third kappa shape index (κ3) is 4.60. The van der Waals surface area contributed by atoms with Gasteiger partial charge in [-0.25, -0.2) is 4.68 Å². The summed E-state index contributed by atoms with van der Waals surface area (Å²) in [6.45, 7) is 13.5. The second-order valence-electron chi connectivity index (χ2n) is 10.3. The first-order valence-corrected chi connectivity index (χ1v) is 12.4. The van der Waals surface area contributed by atoms with Gasteiger partial charge in [-0.3, -0.25) is 9.69 Å². The zero-order valence-electron chi connectivity index (χ0n) is 21.0. The number of H-pyrrole nitrogens is 1. The molecule has 1 saturated carbocycles. The first-order valence-electron chi connectivity index (χ1n) is 12.4. The maximum Gasteiger partial charge on any atom is 0.252 e. The number of benzene rings is 1. The van der Waals surface area contributed by atoms with Gasteiger partial charge in [0.1, 0.15) is 0 Å². The van der Waals surface area contributed by atoms with E-state index in [0.29, 0.717) is 12.6 Å². The van der Waals surface area contributed by atoms with Crippen LogP contribution in [0.4, 0.5) is 0 Å². The van der Waals surface area contributed by atoms with Gasteiger partial charge in [0, 0.05) is 23.7 Å². The van der Waals surface area contributed by atoms with E-state index in [2.05, 4.69) is 85.2 Å². The highest BCUT2D eigenvalue weighted by Crippen LogP contribution is 2.35. The normalized spacial score (nSPS) is 16.2. The summed E-state index contributed by atoms with van der Waals surface area (Å²) in [5, 5.41) is 14.0. The molecule has 7 heteroatoms. The van der Waals surface area contributed by atoms with E-state index < -0.39 is 0 Å². The van der Waals surface area contributed by atoms with Gasteiger partial charge in [-0.05, 0) is 98.5 Å². The van der Waals surface area contributed by atoms with E-state index in [4.69, 9.17) is 0 Å². The van der Waals surface area contributed by atoms with E-state index >= 15 is 0 Å². The van der Waals surface area contributed by atoms with Gasteiger partial charge in [-0.15, -0.1) is 5.10 Å². The molecule has 0 spiro atoms. The van der Waals surface area contributed by atoms with E-state index in [1.807, 2.05) is 4.68 Å². The quantitative estimate of drug-likeness (QED) is 0.512. The van der Waals surface area contributed by atoms with Crippen LogP contribution in [-0.4, -0.2) is 36.1 Å². The number of aromatic amines is 1. The average Bonchev–Trinajstić information content (AvgIpc) is 3.48. The van der Waals surface area contributed by atoms with E-state index in [9.17, 15) is 4.79 Å². The lowest BCUT2D eigenvalue weighted by atomic mass is 10.00. The summed E-state index contributed by atoms with van der Waals surface area (Å²) in [7, 11) is 0. The van der Waals surface area contributed by atoms with Crippen molar-refractivity contribution in [1.82, 2.24) is 30.1 Å². The van der Waals surface area contributed by atoms with Gasteiger partial charge in [-0.1, -0.05) is 26.7 Å². The van der Waals surface area contributed by atoms with Crippen LogP contribution >= 0.6 is 0 Å². The summed E-state index contributed by atoms with van der Waals surface area (Å²) in [6, 6.07) is 6.81. The first-order chi connectivity index (χ1) is 15.7. The Hall–Kier alpha value is -2.54. The Bertz CT molecular complexity index is 1170. The van der Waals surface area contributed by atoms with Gasteiger partial charge in [0.05, 0.1) is 11.6 Å². The Morgan fingerprint density at radius 3 is 2.52 bits per heavy atom. The Morgan fingerprint density at radius 1 is 1.15 bits per heavy atom. The lowest BCUT2D eigenvalue weighted by Crippen LogP contribution is -2.40. The van der Waals surface area contributed by atoms with Gasteiger partial charge < -0.3 is 4.98 Å². The molecule has 178 valence electrons. The lowest BCUT2D eigenvalue weighted by Gasteiger charge is -2.36. The van der Waals surface area contributed by atoms with Gasteiger partial charge in [0.2, 0.25) is 0 Å². The summed E-state index contributed by atoms with van der Waals surface area (Å²) in [5.41, 5.74) is 3.97. The minimum absolute atomic E-state index is 0.00270. The molecule has 1 atom stereocenters. The predicted molar refractivity (Wildman–Crippen MR) is 132 cm³/mol. The molecule has 1 aromatic carbocycles. The molecule has 0 radical (unpaired) electrons. The molecule has 0 bridgehead atoms. The molecule has 0 amide bonds. The van der Waals surface area contributed by atoms with Crippen molar-refractivity contribution >= 4 is 10.9 Å². The zero-order valence-corrected chi connectivity index (χ0v) is 21.0. The number of tetrazole rings is 1. The molecule has 2 heterocycles. The van der Waals surface area contributed by atoms with E-state index in [1.165, 1.54) is 24.0 Å². The summed E-state index contributed by atoms with van der Waals surface area (Å²) in [4.78, 5) is 18.8. The molecular formula is C26H38N6O. The van der Waals surface area contributed by atoms with Crippen LogP contribution in [0.3, 0.4) is 0 Å². The molecule has 4 rings (SSSR count). The molecule has 1 fully saturated rings. The molecule has 1 aliphatic rings. The van der Waals surface area contributed by atoms with Crippen LogP contribution in [0, 0.1) is 13.8 Å². The van der Waals surface area contributed by atoms with Gasteiger partial charge >= 0.3 is 0 Å². The fourth-order valence-electron chi connectivity index (χ4n) is 5.11. The van der Waals surface area contributed by atoms with Crippen molar-refractivity contribution in [2.45, 2.75) is 104 Å². The standard InChI is InChI=1S/C26H38N6O/c1-7-23(24-28-29-30-32(24)26(5,6)8-2)31(21-11-9-10-12-21)16-20-15-19-13-17(3)18(4)14-22(19)27-25(20)33/h13-15,21,23H,7-12,16H2,1-6H3,(H,27,33)/t23-/m1/s1. The Morgan fingerprint density at radius 2 is 1.85 bits per heavy atom. The summed E-state index contributed by atoms with van der Waals surface area (Å²) in [6.07, 6.45) is 6.59. The number of aryl methyl sites for hydroxylation is 2. The van der Waals surface area contributed by atoms with Crippen molar-refractivity contribution in [2.75, 3.05) is 0 Å². The smallest absolute Gasteiger partial charge is 0.252 e. The van der Waals surface area contributed by atoms with Crippen molar-refractivity contribution in [1.29, 1.82) is 0 Å². The number of fused-ring (bicyclic) bond motifs is 1. The van der Waals surface area contributed by atoms with E-state index in [0.717, 1.165) is 48.0 Å². The molecule has 0 saturated heterocycles. The highest BCUT2D eigenvalue weighted by molar-refractivity contribution is 5.80. The first kappa shape index (κ1) is 23.6. The largest absolute Gasteiger partial charge is 0.322 e. The molecule has 3 aromatic rings. The molecule has 1 aliphatic carbocycles. The van der Waals surface area contributed by atoms with Crippen LogP contribution in [-0.2, 0) is 12.1 Å². The molecular weight excluding hydrogens is 412 g/mol. The second-order valence-corrected chi connectivity index (χ2v) is 10.3. The summed E-state index contributed by atoms with van der Waals surface area (Å²) in [5.74, 6) is 0.903. The number of pyridine rings is 1. The number of hydrogen-bond acceptors (Lipinski definition) is 5. The average molecular weight is 451 g/mol. The van der Waals surface area contributed by atoms with Crippen molar-refractivity contribution in [3.05, 3.63) is 51.1 Å². The van der Waals surface area contributed by atoms with Crippen molar-refractivity contribution < 1.29 is 0 Å². The molecule has 33 heavy (non-hydrogen) atoms. The van der Waals surface area contributed by atoms with E-state index in [-0.39, 0.29) is 17.1 Å². The minimum atomic E-state index is -0.163. The van der Waals surface area contributed by atoms with Crippen molar-refractivity contribution in [2.24, 2.45) is 0 Å². The lowest BCUT2D eigenvalue weighted by molar-refractivity contribution is 0.106. The fourth-order valence-corrected chi connectivity index (χ4v) is 5.11. The number of nitrogens with one attached hydrogen (secondary N) is 1. The van der Waals surface area contributed by atoms with Crippen LogP contribution in [0.2, 0.25) is 0 Å². The van der Waals surface area contributed by atoms with Crippen LogP contribution < -0.4 is 5.56 Å². The maximum absolute atomic E-state index is 13.1. The van der Waals surface area contributed by atoms with Crippen LogP contribution in [0.25, 0.3) is 10.9 Å². The Kier molecular flexibility index (Phi) is 6.71. The van der Waals surface area contributed by atoms with Crippen LogP contribution in [0.15, 0.2) is 23.0 Å². The topological polar surface area (TPSA) is 79.7 Å². The number of aromatic nitrogens is 5. The highest BCUT2D eigenvalue weighted by Gasteiger charge is 2.35. The Balaban J connectivity index is 1.76. The predicted octanol–water partition coefficient (Wildman–Crippen LogP) is 5.17. The van der Waals surface area contributed by atoms with Crippen molar-refractivity contribution in [3.8, 4) is 0 Å². The van der Waals surface area contributed by atoms with Crippen LogP contribution in [0.5, 0.6) is 0 Å². The van der Waals surface area contributed by atoms with Gasteiger partial charge in [0.25, 0.3) is 5.56 Å². The number of rotatable bonds is 8. The maximum atomic E-state index is 13.1. The van der Waals surface area contributed by atoms with Crippen molar-refractivity contribution in [3.63, 3.8) is 0 Å². The number of hydrogen-bond donors (Lipinski definition) is 1. The van der Waals surface area contributed by atoms with Gasteiger partial charge in [0.15, 0.2) is 5.82 Å². The molecule has 0 aliphatic heterocycles. The minimum Gasteiger partial charge on any atom is -0.322 e. The zero-order chi connectivity index (χ0) is 23.8. The summed E-state index contributed by atoms with van der Waals surface area (Å²) >= 11 is 0. The monoisotopic (exact) mass is 450 g/mol. The molecule has 0 unspecified atom stereocenters. The van der Waals surface area contributed by atoms with E-state index in [1.54, 1.807) is 0 Å². The molecule has 2 aromatic heterocycles. The Labute approximate surface area is 196 Å². The summed E-state index contributed by atoms with van der Waals surface area (Å²) < 4.78 is 2.00. The number of nitrogens with zero attached hydrogens (tertiary/aromatic N) is 5. The third-order valence-electron chi connectivity index (χ3n) is 7.70. The van der Waals surface area contributed by atoms with Gasteiger partial charge in [-0.2, -0.15) is 0 Å². The fraction of sp³-hybridized carbons (Fsp3) is 0.615. The molecule has 7 nitrogen and oxygen atoms in total. The third-order valence-corrected chi connectivity index (χ3v) is 7.70.